The molecule has 2 aliphatic heterocycles. The third-order valence-corrected chi connectivity index (χ3v) is 8.12. The van der Waals surface area contributed by atoms with E-state index < -0.39 is 0 Å². The summed E-state index contributed by atoms with van der Waals surface area (Å²) in [4.78, 5) is 42.1. The van der Waals surface area contributed by atoms with Crippen LogP contribution < -0.4 is 5.32 Å². The standard InChI is InChI=1S/C24H30ClN3O3S/c1-2-12-26-22(29)17-9-7-16(8-10-17)14-28-23(30)21-20(11-13-32-21)27(24(28)31)15-18-5-3-4-6-19(18)25/h3-6,11,13,16-17,20-21H,2,7-10,12,14-15H2,1H3,(H,26,29). The number of amides is 4. The van der Waals surface area contributed by atoms with E-state index in [9.17, 15) is 14.4 Å². The monoisotopic (exact) mass is 475 g/mol. The van der Waals surface area contributed by atoms with Crippen LogP contribution in [-0.2, 0) is 16.1 Å². The molecule has 8 heteroatoms. The van der Waals surface area contributed by atoms with Crippen molar-refractivity contribution in [3.63, 3.8) is 0 Å². The Labute approximate surface area is 198 Å². The highest BCUT2D eigenvalue weighted by molar-refractivity contribution is 8.03. The molecule has 1 N–H and O–H groups in total. The third-order valence-electron chi connectivity index (χ3n) is 6.66. The molecule has 2 unspecified atom stereocenters. The number of hydrogen-bond acceptors (Lipinski definition) is 4. The van der Waals surface area contributed by atoms with Crippen LogP contribution in [0.2, 0.25) is 5.02 Å². The van der Waals surface area contributed by atoms with Crippen molar-refractivity contribution in [2.45, 2.75) is 56.9 Å². The van der Waals surface area contributed by atoms with Crippen molar-refractivity contribution in [3.05, 3.63) is 46.3 Å². The first-order valence-electron chi connectivity index (χ1n) is 11.4. The van der Waals surface area contributed by atoms with E-state index in [4.69, 9.17) is 11.6 Å². The van der Waals surface area contributed by atoms with Gasteiger partial charge in [-0.1, -0.05) is 42.8 Å². The Morgan fingerprint density at radius 3 is 2.66 bits per heavy atom. The predicted molar refractivity (Wildman–Crippen MR) is 127 cm³/mol. The molecule has 1 aromatic carbocycles. The second kappa shape index (κ2) is 10.3. The summed E-state index contributed by atoms with van der Waals surface area (Å²) in [5.41, 5.74) is 0.875. The molecule has 1 aliphatic carbocycles. The molecule has 0 bridgehead atoms. The molecule has 2 heterocycles. The molecule has 3 aliphatic rings. The first-order chi connectivity index (χ1) is 15.5. The van der Waals surface area contributed by atoms with Gasteiger partial charge in [-0.25, -0.2) is 4.79 Å². The minimum absolute atomic E-state index is 0.0428. The molecule has 2 fully saturated rings. The number of carbonyl (C=O) groups excluding carboxylic acids is 3. The van der Waals surface area contributed by atoms with Gasteiger partial charge in [-0.15, -0.1) is 11.8 Å². The normalized spacial score (nSPS) is 27.6. The maximum Gasteiger partial charge on any atom is 0.327 e. The van der Waals surface area contributed by atoms with Crippen LogP contribution in [0.1, 0.15) is 44.6 Å². The van der Waals surface area contributed by atoms with E-state index >= 15 is 0 Å². The van der Waals surface area contributed by atoms with Crippen molar-refractivity contribution in [3.8, 4) is 0 Å². The maximum absolute atomic E-state index is 13.4. The lowest BCUT2D eigenvalue weighted by Crippen LogP contribution is -2.62. The quantitative estimate of drug-likeness (QED) is 0.633. The van der Waals surface area contributed by atoms with E-state index in [0.29, 0.717) is 24.7 Å². The van der Waals surface area contributed by atoms with Crippen molar-refractivity contribution < 1.29 is 14.4 Å². The highest BCUT2D eigenvalue weighted by Crippen LogP contribution is 2.37. The van der Waals surface area contributed by atoms with Crippen molar-refractivity contribution in [1.29, 1.82) is 0 Å². The maximum atomic E-state index is 13.4. The number of imide groups is 1. The number of nitrogens with one attached hydrogen (secondary N) is 1. The van der Waals surface area contributed by atoms with Crippen LogP contribution in [0.3, 0.4) is 0 Å². The van der Waals surface area contributed by atoms with Crippen molar-refractivity contribution in [1.82, 2.24) is 15.1 Å². The van der Waals surface area contributed by atoms with Gasteiger partial charge in [0.2, 0.25) is 11.8 Å². The summed E-state index contributed by atoms with van der Waals surface area (Å²) in [6, 6.07) is 7.02. The van der Waals surface area contributed by atoms with E-state index in [1.165, 1.54) is 16.7 Å². The van der Waals surface area contributed by atoms with Crippen LogP contribution in [0.15, 0.2) is 35.7 Å². The number of urea groups is 1. The molecule has 4 amide bonds. The van der Waals surface area contributed by atoms with Gasteiger partial charge in [-0.2, -0.15) is 0 Å². The van der Waals surface area contributed by atoms with E-state index in [0.717, 1.165) is 37.7 Å². The first kappa shape index (κ1) is 23.2. The fourth-order valence-electron chi connectivity index (χ4n) is 4.80. The first-order valence-corrected chi connectivity index (χ1v) is 12.8. The zero-order valence-corrected chi connectivity index (χ0v) is 19.9. The number of carbonyl (C=O) groups is 3. The van der Waals surface area contributed by atoms with Gasteiger partial charge in [-0.3, -0.25) is 14.5 Å². The number of halogens is 1. The summed E-state index contributed by atoms with van der Waals surface area (Å²) in [7, 11) is 0. The SMILES string of the molecule is CCCNC(=O)C1CCC(CN2C(=O)C3SC=CC3N(Cc3ccccc3Cl)C2=O)CC1. The lowest BCUT2D eigenvalue weighted by atomic mass is 9.81. The molecular formula is C24H30ClN3O3S. The number of thioether (sulfide) groups is 1. The van der Waals surface area contributed by atoms with Gasteiger partial charge in [0.1, 0.15) is 5.25 Å². The fourth-order valence-corrected chi connectivity index (χ4v) is 6.06. The Hall–Kier alpha value is -1.99. The highest BCUT2D eigenvalue weighted by atomic mass is 35.5. The summed E-state index contributed by atoms with van der Waals surface area (Å²) in [5, 5.41) is 5.23. The van der Waals surface area contributed by atoms with Gasteiger partial charge < -0.3 is 10.2 Å². The summed E-state index contributed by atoms with van der Waals surface area (Å²) < 4.78 is 0. The second-order valence-corrected chi connectivity index (χ2v) is 10.3. The number of fused-ring (bicyclic) bond motifs is 1. The van der Waals surface area contributed by atoms with Crippen LogP contribution in [-0.4, -0.2) is 52.0 Å². The summed E-state index contributed by atoms with van der Waals surface area (Å²) in [6.45, 7) is 3.55. The van der Waals surface area contributed by atoms with E-state index in [1.54, 1.807) is 4.90 Å². The van der Waals surface area contributed by atoms with Crippen molar-refractivity contribution >= 4 is 41.2 Å². The topological polar surface area (TPSA) is 69.7 Å². The number of nitrogens with zero attached hydrogens (tertiary/aromatic N) is 2. The molecule has 4 rings (SSSR count). The van der Waals surface area contributed by atoms with Gasteiger partial charge in [-0.05, 0) is 55.1 Å². The minimum atomic E-state index is -0.300. The third kappa shape index (κ3) is 4.84. The average Bonchev–Trinajstić information content (AvgIpc) is 3.29. The predicted octanol–water partition coefficient (Wildman–Crippen LogP) is 4.43. The molecule has 32 heavy (non-hydrogen) atoms. The molecule has 0 aromatic heterocycles. The zero-order chi connectivity index (χ0) is 22.7. The smallest absolute Gasteiger partial charge is 0.327 e. The van der Waals surface area contributed by atoms with E-state index in [-0.39, 0.29) is 41.0 Å². The highest BCUT2D eigenvalue weighted by Gasteiger charge is 2.47. The van der Waals surface area contributed by atoms with Crippen LogP contribution in [0.25, 0.3) is 0 Å². The number of benzene rings is 1. The molecule has 172 valence electrons. The van der Waals surface area contributed by atoms with Crippen LogP contribution in [0.5, 0.6) is 0 Å². The molecule has 2 atom stereocenters. The Balaban J connectivity index is 1.42. The van der Waals surface area contributed by atoms with Crippen molar-refractivity contribution in [2.75, 3.05) is 13.1 Å². The van der Waals surface area contributed by atoms with Crippen LogP contribution >= 0.6 is 23.4 Å². The number of hydrogen-bond donors (Lipinski definition) is 1. The lowest BCUT2D eigenvalue weighted by Gasteiger charge is -2.43. The van der Waals surface area contributed by atoms with Gasteiger partial charge in [0.05, 0.1) is 6.04 Å². The lowest BCUT2D eigenvalue weighted by molar-refractivity contribution is -0.132. The zero-order valence-electron chi connectivity index (χ0n) is 18.3. The van der Waals surface area contributed by atoms with Gasteiger partial charge in [0.15, 0.2) is 0 Å². The summed E-state index contributed by atoms with van der Waals surface area (Å²) >= 11 is 7.83. The molecule has 0 radical (unpaired) electrons. The average molecular weight is 476 g/mol. The Kier molecular flexibility index (Phi) is 7.46. The second-order valence-electron chi connectivity index (χ2n) is 8.84. The van der Waals surface area contributed by atoms with Crippen LogP contribution in [0.4, 0.5) is 4.79 Å². The summed E-state index contributed by atoms with van der Waals surface area (Å²) in [6.07, 6.45) is 6.19. The van der Waals surface area contributed by atoms with Crippen molar-refractivity contribution in [2.24, 2.45) is 11.8 Å². The van der Waals surface area contributed by atoms with E-state index in [2.05, 4.69) is 5.32 Å². The van der Waals surface area contributed by atoms with Gasteiger partial charge in [0, 0.05) is 30.6 Å². The van der Waals surface area contributed by atoms with Crippen LogP contribution in [0, 0.1) is 11.8 Å². The molecule has 0 spiro atoms. The Bertz CT molecular complexity index is 900. The largest absolute Gasteiger partial charge is 0.356 e. The fraction of sp³-hybridized carbons (Fsp3) is 0.542. The molecule has 1 saturated carbocycles. The van der Waals surface area contributed by atoms with E-state index in [1.807, 2.05) is 42.7 Å². The Morgan fingerprint density at radius 1 is 1.19 bits per heavy atom. The van der Waals surface area contributed by atoms with Gasteiger partial charge >= 0.3 is 6.03 Å². The summed E-state index contributed by atoms with van der Waals surface area (Å²) in [5.74, 6) is 0.309. The minimum Gasteiger partial charge on any atom is -0.356 e. The molecule has 6 nitrogen and oxygen atoms in total. The molecule has 1 aromatic rings. The Morgan fingerprint density at radius 2 is 1.94 bits per heavy atom. The molecular weight excluding hydrogens is 446 g/mol. The number of rotatable bonds is 7. The molecule has 1 saturated heterocycles. The van der Waals surface area contributed by atoms with Gasteiger partial charge in [0.25, 0.3) is 0 Å².